The van der Waals surface area contributed by atoms with Gasteiger partial charge in [-0.2, -0.15) is 0 Å². The highest BCUT2D eigenvalue weighted by Crippen LogP contribution is 2.38. The van der Waals surface area contributed by atoms with Crippen molar-refractivity contribution in [3.8, 4) is 17.6 Å². The van der Waals surface area contributed by atoms with Crippen molar-refractivity contribution in [1.29, 1.82) is 0 Å². The Labute approximate surface area is 313 Å². The maximum Gasteiger partial charge on any atom is 0.192 e. The first-order valence-electron chi connectivity index (χ1n) is 18.7. The van der Waals surface area contributed by atoms with E-state index in [-0.39, 0.29) is 41.3 Å². The molecule has 5 atom stereocenters. The first-order valence-corrected chi connectivity index (χ1v) is 24.6. The molecule has 10 heteroatoms. The van der Waals surface area contributed by atoms with Gasteiger partial charge >= 0.3 is 0 Å². The molecule has 0 spiro atoms. The molecular weight excluding hydrogens is 677 g/mol. The van der Waals surface area contributed by atoms with E-state index >= 15 is 0 Å². The third-order valence-electron chi connectivity index (χ3n) is 10.4. The number of rotatable bonds is 18. The molecule has 0 bridgehead atoms. The molecule has 1 aliphatic heterocycles. The van der Waals surface area contributed by atoms with Gasteiger partial charge in [0.1, 0.15) is 18.6 Å². The highest BCUT2D eigenvalue weighted by Gasteiger charge is 2.39. The van der Waals surface area contributed by atoms with Gasteiger partial charge in [-0.25, -0.2) is 0 Å². The summed E-state index contributed by atoms with van der Waals surface area (Å²) in [5.41, 5.74) is 2.27. The maximum absolute atomic E-state index is 11.1. The summed E-state index contributed by atoms with van der Waals surface area (Å²) in [5.74, 6) is 6.56. The third kappa shape index (κ3) is 16.6. The Morgan fingerprint density at radius 3 is 2.22 bits per heavy atom. The smallest absolute Gasteiger partial charge is 0.192 e. The molecule has 0 aliphatic carbocycles. The van der Waals surface area contributed by atoms with Crippen LogP contribution in [0.1, 0.15) is 107 Å². The van der Waals surface area contributed by atoms with E-state index in [2.05, 4.69) is 99.5 Å². The van der Waals surface area contributed by atoms with Crippen LogP contribution in [0.25, 0.3) is 0 Å². The third-order valence-corrected chi connectivity index (χ3v) is 19.5. The van der Waals surface area contributed by atoms with Gasteiger partial charge in [0.05, 0.1) is 38.6 Å². The van der Waals surface area contributed by atoms with Crippen LogP contribution in [0.4, 0.5) is 0 Å². The zero-order valence-corrected chi connectivity index (χ0v) is 36.7. The number of aliphatic hydroxyl groups excluding tert-OH is 1. The fraction of sp³-hybridized carbons (Fsp3) is 0.756. The summed E-state index contributed by atoms with van der Waals surface area (Å²) in [4.78, 5) is 0. The lowest BCUT2D eigenvalue weighted by Gasteiger charge is -2.39. The van der Waals surface area contributed by atoms with E-state index in [1.54, 1.807) is 7.11 Å². The van der Waals surface area contributed by atoms with E-state index in [0.29, 0.717) is 38.9 Å². The number of ether oxygens (including phenoxy) is 5. The molecule has 51 heavy (non-hydrogen) atoms. The number of hydrogen-bond acceptors (Lipinski definition) is 8. The molecule has 0 amide bonds. The second-order valence-electron chi connectivity index (χ2n) is 17.8. The summed E-state index contributed by atoms with van der Waals surface area (Å²) in [6.07, 6.45) is 3.80. The molecule has 1 aliphatic rings. The second kappa shape index (κ2) is 19.7. The zero-order valence-electron chi connectivity index (χ0n) is 34.7. The normalized spacial score (nSPS) is 20.7. The van der Waals surface area contributed by atoms with Crippen LogP contribution < -0.4 is 4.74 Å². The topological polar surface area (TPSA) is 84.8 Å². The molecular formula is C41H72O8Si2. The van der Waals surface area contributed by atoms with Crippen molar-refractivity contribution in [2.45, 2.75) is 181 Å². The van der Waals surface area contributed by atoms with Crippen molar-refractivity contribution < 1.29 is 37.6 Å². The van der Waals surface area contributed by atoms with Crippen LogP contribution in [0.15, 0.2) is 35.9 Å². The summed E-state index contributed by atoms with van der Waals surface area (Å²) in [6, 6.07) is 7.78. The molecule has 292 valence electrons. The molecule has 2 rings (SSSR count). The summed E-state index contributed by atoms with van der Waals surface area (Å²) < 4.78 is 42.8. The van der Waals surface area contributed by atoms with Crippen molar-refractivity contribution in [3.05, 3.63) is 41.5 Å². The number of benzene rings is 1. The van der Waals surface area contributed by atoms with E-state index in [9.17, 15) is 5.11 Å². The monoisotopic (exact) mass is 748 g/mol. The van der Waals surface area contributed by atoms with E-state index < -0.39 is 28.5 Å². The van der Waals surface area contributed by atoms with Gasteiger partial charge in [-0.05, 0) is 94.5 Å². The maximum atomic E-state index is 11.1. The number of hydrogen-bond donors (Lipinski definition) is 1. The predicted molar refractivity (Wildman–Crippen MR) is 213 cm³/mol. The van der Waals surface area contributed by atoms with Crippen LogP contribution in [0.2, 0.25) is 36.3 Å². The van der Waals surface area contributed by atoms with Crippen molar-refractivity contribution in [1.82, 2.24) is 0 Å². The van der Waals surface area contributed by atoms with E-state index in [4.69, 9.17) is 32.5 Å². The Kier molecular flexibility index (Phi) is 17.6. The van der Waals surface area contributed by atoms with Crippen LogP contribution in [0, 0.1) is 11.8 Å². The summed E-state index contributed by atoms with van der Waals surface area (Å²) in [5, 5.41) is 11.4. The zero-order chi connectivity index (χ0) is 38.7. The molecule has 1 saturated heterocycles. The van der Waals surface area contributed by atoms with Crippen molar-refractivity contribution in [2.75, 3.05) is 20.5 Å². The second-order valence-corrected chi connectivity index (χ2v) is 27.3. The Morgan fingerprint density at radius 1 is 1.00 bits per heavy atom. The van der Waals surface area contributed by atoms with Crippen LogP contribution in [-0.4, -0.2) is 78.6 Å². The van der Waals surface area contributed by atoms with Gasteiger partial charge in [-0.3, -0.25) is 0 Å². The molecule has 1 heterocycles. The first-order chi connectivity index (χ1) is 23.4. The molecule has 1 N–H and O–H groups in total. The lowest BCUT2D eigenvalue weighted by molar-refractivity contribution is -0.287. The average molecular weight is 749 g/mol. The molecule has 8 nitrogen and oxygen atoms in total. The summed E-state index contributed by atoms with van der Waals surface area (Å²) in [7, 11) is -2.12. The summed E-state index contributed by atoms with van der Waals surface area (Å²) in [6.45, 7) is 31.8. The lowest BCUT2D eigenvalue weighted by atomic mass is 10.0. The van der Waals surface area contributed by atoms with Crippen LogP contribution in [0.3, 0.4) is 0 Å². The SMILES string of the molecule is COc1ccc(COCO[C@@H](C[C@@H](O)CC#C[C@@H]2C[C@H](C/C(C)=C/CO[Si](C)(C)C(C)(C)C)OC(C)(C)O2)C[C@@H](C)O[Si](C)(C)C(C)(C)C)cc1. The highest BCUT2D eigenvalue weighted by atomic mass is 28.4. The fourth-order valence-electron chi connectivity index (χ4n) is 5.40. The van der Waals surface area contributed by atoms with Gasteiger partial charge in [0.15, 0.2) is 22.4 Å². The van der Waals surface area contributed by atoms with Gasteiger partial charge in [0.2, 0.25) is 0 Å². The molecule has 1 aromatic carbocycles. The molecule has 1 aromatic rings. The Hall–Kier alpha value is -1.53. The predicted octanol–water partition coefficient (Wildman–Crippen LogP) is 9.77. The molecule has 0 radical (unpaired) electrons. The Morgan fingerprint density at radius 2 is 1.63 bits per heavy atom. The molecule has 0 saturated carbocycles. The van der Waals surface area contributed by atoms with Gasteiger partial charge < -0.3 is 37.6 Å². The summed E-state index contributed by atoms with van der Waals surface area (Å²) >= 11 is 0. The highest BCUT2D eigenvalue weighted by molar-refractivity contribution is 6.74. The standard InChI is InChI=1S/C41H72O8Si2/c1-31(23-24-46-50(12,13)39(3,4)5)25-38-28-36(47-41(9,10)48-38)18-16-17-34(42)27-37(26-32(2)49-51(14,15)40(6,7)8)45-30-44-29-33-19-21-35(43-11)22-20-33/h19-23,32,34,36-38,42H,17,24-30H2,1-15H3/b31-23+/t32-,34+,36-,37-,38+/m1/s1. The molecule has 0 unspecified atom stereocenters. The van der Waals surface area contributed by atoms with Crippen LogP contribution in [-0.2, 0) is 34.4 Å². The van der Waals surface area contributed by atoms with Crippen molar-refractivity contribution in [3.63, 3.8) is 0 Å². The minimum Gasteiger partial charge on any atom is -0.497 e. The van der Waals surface area contributed by atoms with Gasteiger partial charge in [-0.15, -0.1) is 0 Å². The van der Waals surface area contributed by atoms with Crippen LogP contribution >= 0.6 is 0 Å². The Balaban J connectivity index is 1.99. The van der Waals surface area contributed by atoms with E-state index in [0.717, 1.165) is 17.7 Å². The minimum atomic E-state index is -1.97. The molecule has 1 fully saturated rings. The average Bonchev–Trinajstić information content (AvgIpc) is 2.97. The van der Waals surface area contributed by atoms with E-state index in [1.165, 1.54) is 5.57 Å². The Bertz CT molecular complexity index is 1270. The van der Waals surface area contributed by atoms with Crippen molar-refractivity contribution >= 4 is 16.6 Å². The number of aliphatic hydroxyl groups is 1. The van der Waals surface area contributed by atoms with Gasteiger partial charge in [0.25, 0.3) is 0 Å². The molecule has 0 aromatic heterocycles. The lowest BCUT2D eigenvalue weighted by Crippen LogP contribution is -2.44. The van der Waals surface area contributed by atoms with Gasteiger partial charge in [0, 0.05) is 25.4 Å². The van der Waals surface area contributed by atoms with Gasteiger partial charge in [-0.1, -0.05) is 77.2 Å². The van der Waals surface area contributed by atoms with Crippen LogP contribution in [0.5, 0.6) is 5.75 Å². The van der Waals surface area contributed by atoms with Crippen molar-refractivity contribution in [2.24, 2.45) is 0 Å². The van der Waals surface area contributed by atoms with E-state index in [1.807, 2.05) is 38.1 Å². The quantitative estimate of drug-likeness (QED) is 0.0523. The largest absolute Gasteiger partial charge is 0.497 e. The fourth-order valence-corrected chi connectivity index (χ4v) is 7.79. The minimum absolute atomic E-state index is 0.0137. The first kappa shape index (κ1) is 45.6. The number of methoxy groups -OCH3 is 1.